The van der Waals surface area contributed by atoms with Gasteiger partial charge in [0.25, 0.3) is 0 Å². The lowest BCUT2D eigenvalue weighted by Crippen LogP contribution is -2.46. The van der Waals surface area contributed by atoms with Crippen molar-refractivity contribution in [2.75, 3.05) is 0 Å². The average molecular weight is 407 g/mol. The van der Waals surface area contributed by atoms with Gasteiger partial charge >= 0.3 is 0 Å². The van der Waals surface area contributed by atoms with Crippen LogP contribution in [0.25, 0.3) is 0 Å². The van der Waals surface area contributed by atoms with Crippen LogP contribution in [0.4, 0.5) is 0 Å². The van der Waals surface area contributed by atoms with Crippen molar-refractivity contribution < 1.29 is 24.5 Å². The molecule has 4 atom stereocenters. The van der Waals surface area contributed by atoms with Gasteiger partial charge in [0.1, 0.15) is 11.4 Å². The second-order valence-corrected chi connectivity index (χ2v) is 7.94. The van der Waals surface area contributed by atoms with Gasteiger partial charge in [0, 0.05) is 23.8 Å². The van der Waals surface area contributed by atoms with Crippen LogP contribution in [-0.2, 0) is 14.3 Å². The summed E-state index contributed by atoms with van der Waals surface area (Å²) in [5.74, 6) is -1.09. The van der Waals surface area contributed by atoms with Gasteiger partial charge in [-0.2, -0.15) is 0 Å². The van der Waals surface area contributed by atoms with Gasteiger partial charge in [0.2, 0.25) is 5.78 Å². The maximum atomic E-state index is 12.6. The number of Topliss-reactive ketones (excluding diaryl/α,β-unsaturated/α-hetero) is 2. The topological polar surface area (TPSA) is 83.8 Å². The summed E-state index contributed by atoms with van der Waals surface area (Å²) >= 11 is 5.94. The molecular weight excluding hydrogens is 380 g/mol. The van der Waals surface area contributed by atoms with E-state index in [1.165, 1.54) is 19.3 Å². The quantitative estimate of drug-likeness (QED) is 0.656. The lowest BCUT2D eigenvalue weighted by atomic mass is 9.70. The molecular formula is C22H27ClO5. The summed E-state index contributed by atoms with van der Waals surface area (Å²) in [6.07, 6.45) is 7.67. The van der Waals surface area contributed by atoms with E-state index in [2.05, 4.69) is 0 Å². The summed E-state index contributed by atoms with van der Waals surface area (Å²) < 4.78 is 5.67. The normalized spacial score (nSPS) is 24.8. The van der Waals surface area contributed by atoms with Crippen LogP contribution in [0.1, 0.15) is 41.0 Å². The van der Waals surface area contributed by atoms with Crippen molar-refractivity contribution in [3.8, 4) is 0 Å². The first-order valence-electron chi connectivity index (χ1n) is 9.28. The number of aliphatic hydroxyl groups excluding tert-OH is 1. The summed E-state index contributed by atoms with van der Waals surface area (Å²) in [6, 6.07) is 0. The van der Waals surface area contributed by atoms with Gasteiger partial charge in [-0.3, -0.25) is 9.59 Å². The molecule has 6 heteroatoms. The molecule has 0 unspecified atom stereocenters. The molecule has 0 aromatic rings. The van der Waals surface area contributed by atoms with E-state index in [-0.39, 0.29) is 23.2 Å². The number of carbonyl (C=O) groups is 2. The van der Waals surface area contributed by atoms with Crippen molar-refractivity contribution in [1.29, 1.82) is 0 Å². The molecule has 2 aliphatic rings. The van der Waals surface area contributed by atoms with Gasteiger partial charge in [-0.05, 0) is 51.0 Å². The van der Waals surface area contributed by atoms with Gasteiger partial charge < -0.3 is 14.9 Å². The number of rotatable bonds is 6. The van der Waals surface area contributed by atoms with E-state index in [1.54, 1.807) is 32.9 Å². The number of hydrogen-bond donors (Lipinski definition) is 2. The molecule has 1 heterocycles. The molecule has 0 spiro atoms. The predicted octanol–water partition coefficient (Wildman–Crippen LogP) is 3.73. The average Bonchev–Trinajstić information content (AvgIpc) is 2.67. The minimum Gasteiger partial charge on any atom is -0.465 e. The van der Waals surface area contributed by atoms with Crippen LogP contribution in [-0.4, -0.2) is 33.5 Å². The Labute approximate surface area is 170 Å². The van der Waals surface area contributed by atoms with Gasteiger partial charge in [-0.1, -0.05) is 30.7 Å². The zero-order valence-corrected chi connectivity index (χ0v) is 17.6. The van der Waals surface area contributed by atoms with Crippen molar-refractivity contribution >= 4 is 23.2 Å². The van der Waals surface area contributed by atoms with Crippen molar-refractivity contribution in [2.45, 2.75) is 52.7 Å². The highest BCUT2D eigenvalue weighted by Gasteiger charge is 2.46. The predicted molar refractivity (Wildman–Crippen MR) is 108 cm³/mol. The molecule has 0 aromatic heterocycles. The third-order valence-electron chi connectivity index (χ3n) is 5.44. The maximum absolute atomic E-state index is 12.6. The molecule has 0 saturated carbocycles. The first-order valence-corrected chi connectivity index (χ1v) is 9.66. The van der Waals surface area contributed by atoms with Crippen LogP contribution in [0.15, 0.2) is 58.1 Å². The number of aliphatic hydroxyl groups is 2. The first kappa shape index (κ1) is 22.3. The number of ether oxygens (including phenoxy) is 1. The molecule has 28 heavy (non-hydrogen) atoms. The molecule has 5 nitrogen and oxygen atoms in total. The Hall–Kier alpha value is -1.95. The fraction of sp³-hybridized carbons (Fsp3) is 0.455. The van der Waals surface area contributed by atoms with Crippen LogP contribution in [0, 0.1) is 11.8 Å². The minimum absolute atomic E-state index is 0.00474. The number of ketones is 2. The molecule has 0 fully saturated rings. The molecule has 0 aromatic carbocycles. The molecule has 2 rings (SSSR count). The van der Waals surface area contributed by atoms with Crippen LogP contribution < -0.4 is 0 Å². The number of hydrogen-bond acceptors (Lipinski definition) is 5. The first-order chi connectivity index (χ1) is 13.0. The molecule has 0 amide bonds. The summed E-state index contributed by atoms with van der Waals surface area (Å²) in [5.41, 5.74) is -0.0542. The van der Waals surface area contributed by atoms with Crippen molar-refractivity contribution in [1.82, 2.24) is 0 Å². The van der Waals surface area contributed by atoms with Gasteiger partial charge in [-0.15, -0.1) is 0 Å². The van der Waals surface area contributed by atoms with E-state index < -0.39 is 23.4 Å². The van der Waals surface area contributed by atoms with Crippen LogP contribution in [0.5, 0.6) is 0 Å². The third-order valence-corrected chi connectivity index (χ3v) is 5.83. The molecule has 0 bridgehead atoms. The largest absolute Gasteiger partial charge is 0.465 e. The van der Waals surface area contributed by atoms with E-state index >= 15 is 0 Å². The lowest BCUT2D eigenvalue weighted by Gasteiger charge is -2.37. The Bertz CT molecular complexity index is 824. The van der Waals surface area contributed by atoms with Gasteiger partial charge in [0.15, 0.2) is 5.78 Å². The maximum Gasteiger partial charge on any atom is 0.205 e. The monoisotopic (exact) mass is 406 g/mol. The van der Waals surface area contributed by atoms with Crippen molar-refractivity contribution in [3.63, 3.8) is 0 Å². The van der Waals surface area contributed by atoms with Gasteiger partial charge in [0.05, 0.1) is 17.4 Å². The van der Waals surface area contributed by atoms with E-state index in [0.717, 1.165) is 0 Å². The highest BCUT2D eigenvalue weighted by molar-refractivity contribution is 6.43. The highest BCUT2D eigenvalue weighted by atomic mass is 35.5. The van der Waals surface area contributed by atoms with Crippen molar-refractivity contribution in [2.24, 2.45) is 11.8 Å². The zero-order chi connectivity index (χ0) is 21.2. The SMILES string of the molecule is CC=C(Cl)C(=O)[C@@](C)(O)[C@H]1CC(=O)C(C)=C2C=C(C=C[C@@H](C)[C@@H](C)O)OC=C21. The summed E-state index contributed by atoms with van der Waals surface area (Å²) in [6.45, 7) is 8.29. The van der Waals surface area contributed by atoms with E-state index in [4.69, 9.17) is 16.3 Å². The number of halogens is 1. The summed E-state index contributed by atoms with van der Waals surface area (Å²) in [5, 5.41) is 20.5. The zero-order valence-electron chi connectivity index (χ0n) is 16.8. The van der Waals surface area contributed by atoms with Gasteiger partial charge in [-0.25, -0.2) is 0 Å². The van der Waals surface area contributed by atoms with Crippen molar-refractivity contribution in [3.05, 3.63) is 58.1 Å². The second-order valence-electron chi connectivity index (χ2n) is 7.53. The smallest absolute Gasteiger partial charge is 0.205 e. The Balaban J connectivity index is 2.40. The molecule has 0 saturated heterocycles. The fourth-order valence-electron chi connectivity index (χ4n) is 3.18. The Morgan fingerprint density at radius 2 is 2.07 bits per heavy atom. The van der Waals surface area contributed by atoms with E-state index in [0.29, 0.717) is 22.5 Å². The Morgan fingerprint density at radius 3 is 2.64 bits per heavy atom. The Kier molecular flexibility index (Phi) is 6.86. The molecule has 2 N–H and O–H groups in total. The summed E-state index contributed by atoms with van der Waals surface area (Å²) in [4.78, 5) is 25.1. The van der Waals surface area contributed by atoms with E-state index in [9.17, 15) is 19.8 Å². The lowest BCUT2D eigenvalue weighted by molar-refractivity contribution is -0.136. The van der Waals surface area contributed by atoms with E-state index in [1.807, 2.05) is 13.0 Å². The fourth-order valence-corrected chi connectivity index (χ4v) is 3.37. The molecule has 1 aliphatic carbocycles. The molecule has 0 radical (unpaired) electrons. The number of fused-ring (bicyclic) bond motifs is 1. The second kappa shape index (κ2) is 8.60. The van der Waals surface area contributed by atoms with Crippen LogP contribution >= 0.6 is 11.6 Å². The number of carbonyl (C=O) groups excluding carboxylic acids is 2. The standard InChI is InChI=1S/C22H27ClO5/c1-6-19(23)21(26)22(5,27)18-10-20(25)13(3)16-9-15(28-11-17(16)18)8-7-12(2)14(4)24/h6-9,11-12,14,18,24,27H,10H2,1-5H3/t12-,14-,18+,22+/m1/s1. The minimum atomic E-state index is -1.84. The summed E-state index contributed by atoms with van der Waals surface area (Å²) in [7, 11) is 0. The van der Waals surface area contributed by atoms with Crippen LogP contribution in [0.2, 0.25) is 0 Å². The number of allylic oxidation sites excluding steroid dienone is 5. The molecule has 1 aliphatic heterocycles. The van der Waals surface area contributed by atoms with Crippen LogP contribution in [0.3, 0.4) is 0 Å². The Morgan fingerprint density at radius 1 is 1.43 bits per heavy atom. The highest BCUT2D eigenvalue weighted by Crippen LogP contribution is 2.43. The molecule has 152 valence electrons. The third kappa shape index (κ3) is 4.37.